The molecule has 122 valence electrons. The van der Waals surface area contributed by atoms with Crippen molar-refractivity contribution in [3.05, 3.63) is 35.4 Å². The number of halogens is 1. The fraction of sp³-hybridized carbons (Fsp3) is 0.611. The zero-order valence-electron chi connectivity index (χ0n) is 13.7. The molecule has 3 nitrogen and oxygen atoms in total. The van der Waals surface area contributed by atoms with Crippen molar-refractivity contribution in [2.75, 3.05) is 26.2 Å². The SMILES string of the molecule is CCNC(=NCC1Cc2ccccc21)N1CCC(C)CC1.I. The summed E-state index contributed by atoms with van der Waals surface area (Å²) in [7, 11) is 0. The van der Waals surface area contributed by atoms with Gasteiger partial charge in [0.25, 0.3) is 0 Å². The van der Waals surface area contributed by atoms with Crippen LogP contribution in [0.4, 0.5) is 0 Å². The minimum absolute atomic E-state index is 0. The van der Waals surface area contributed by atoms with E-state index in [4.69, 9.17) is 4.99 Å². The fourth-order valence-corrected chi connectivity index (χ4v) is 3.37. The molecule has 22 heavy (non-hydrogen) atoms. The van der Waals surface area contributed by atoms with Crippen LogP contribution in [0.2, 0.25) is 0 Å². The number of nitrogens with zero attached hydrogens (tertiary/aromatic N) is 2. The smallest absolute Gasteiger partial charge is 0.193 e. The largest absolute Gasteiger partial charge is 0.357 e. The molecule has 3 rings (SSSR count). The molecule has 4 heteroatoms. The normalized spacial score (nSPS) is 21.6. The minimum Gasteiger partial charge on any atom is -0.357 e. The zero-order chi connectivity index (χ0) is 14.7. The number of hydrogen-bond donors (Lipinski definition) is 1. The average molecular weight is 413 g/mol. The van der Waals surface area contributed by atoms with Crippen LogP contribution in [0.5, 0.6) is 0 Å². The van der Waals surface area contributed by atoms with Crippen molar-refractivity contribution in [1.29, 1.82) is 0 Å². The van der Waals surface area contributed by atoms with Gasteiger partial charge in [0.1, 0.15) is 0 Å². The Morgan fingerprint density at radius 3 is 2.68 bits per heavy atom. The number of rotatable bonds is 3. The molecular formula is C18H28IN3. The van der Waals surface area contributed by atoms with Crippen LogP contribution >= 0.6 is 24.0 Å². The number of guanidine groups is 1. The Bertz CT molecular complexity index is 507. The van der Waals surface area contributed by atoms with Gasteiger partial charge < -0.3 is 10.2 Å². The predicted octanol–water partition coefficient (Wildman–Crippen LogP) is 3.64. The van der Waals surface area contributed by atoms with E-state index < -0.39 is 0 Å². The van der Waals surface area contributed by atoms with Crippen molar-refractivity contribution in [1.82, 2.24) is 10.2 Å². The van der Waals surface area contributed by atoms with Crippen LogP contribution in [-0.4, -0.2) is 37.0 Å². The molecule has 0 amide bonds. The molecule has 1 heterocycles. The third-order valence-electron chi connectivity index (χ3n) is 4.84. The van der Waals surface area contributed by atoms with E-state index in [1.807, 2.05) is 0 Å². The molecule has 0 aromatic heterocycles. The maximum Gasteiger partial charge on any atom is 0.193 e. The fourth-order valence-electron chi connectivity index (χ4n) is 3.37. The van der Waals surface area contributed by atoms with Crippen LogP contribution in [0, 0.1) is 5.92 Å². The number of aliphatic imine (C=N–C) groups is 1. The van der Waals surface area contributed by atoms with Gasteiger partial charge in [-0.15, -0.1) is 24.0 Å². The van der Waals surface area contributed by atoms with Gasteiger partial charge in [-0.1, -0.05) is 31.2 Å². The maximum absolute atomic E-state index is 4.91. The molecule has 1 aliphatic carbocycles. The Labute approximate surface area is 151 Å². The summed E-state index contributed by atoms with van der Waals surface area (Å²) in [4.78, 5) is 7.35. The van der Waals surface area contributed by atoms with Crippen LogP contribution in [0.1, 0.15) is 43.7 Å². The Balaban J connectivity index is 0.00000176. The summed E-state index contributed by atoms with van der Waals surface area (Å²) in [6.07, 6.45) is 3.77. The Kier molecular flexibility index (Phi) is 6.53. The molecule has 1 N–H and O–H groups in total. The molecule has 1 aromatic rings. The van der Waals surface area contributed by atoms with E-state index in [1.54, 1.807) is 0 Å². The number of hydrogen-bond acceptors (Lipinski definition) is 1. The zero-order valence-corrected chi connectivity index (χ0v) is 16.0. The van der Waals surface area contributed by atoms with E-state index in [0.717, 1.165) is 38.1 Å². The van der Waals surface area contributed by atoms with Crippen molar-refractivity contribution < 1.29 is 0 Å². The van der Waals surface area contributed by atoms with E-state index in [0.29, 0.717) is 5.92 Å². The number of likely N-dealkylation sites (tertiary alicyclic amines) is 1. The molecular weight excluding hydrogens is 385 g/mol. The molecule has 0 saturated carbocycles. The molecule has 2 aliphatic rings. The lowest BCUT2D eigenvalue weighted by Crippen LogP contribution is -2.45. The van der Waals surface area contributed by atoms with Gasteiger partial charge in [0.05, 0.1) is 0 Å². The third-order valence-corrected chi connectivity index (χ3v) is 4.84. The van der Waals surface area contributed by atoms with Crippen LogP contribution < -0.4 is 5.32 Å². The monoisotopic (exact) mass is 413 g/mol. The first kappa shape index (κ1) is 17.6. The van der Waals surface area contributed by atoms with E-state index in [2.05, 4.69) is 48.3 Å². The van der Waals surface area contributed by atoms with E-state index in [1.165, 1.54) is 30.4 Å². The lowest BCUT2D eigenvalue weighted by Gasteiger charge is -2.34. The highest BCUT2D eigenvalue weighted by molar-refractivity contribution is 14.0. The summed E-state index contributed by atoms with van der Waals surface area (Å²) < 4.78 is 0. The molecule has 1 saturated heterocycles. The van der Waals surface area contributed by atoms with Crippen molar-refractivity contribution in [3.8, 4) is 0 Å². The average Bonchev–Trinajstić information content (AvgIpc) is 2.48. The van der Waals surface area contributed by atoms with Crippen molar-refractivity contribution >= 4 is 29.9 Å². The quantitative estimate of drug-likeness (QED) is 0.466. The molecule has 1 aliphatic heterocycles. The lowest BCUT2D eigenvalue weighted by atomic mass is 9.78. The second-order valence-corrected chi connectivity index (χ2v) is 6.46. The van der Waals surface area contributed by atoms with Gasteiger partial charge in [-0.25, -0.2) is 0 Å². The van der Waals surface area contributed by atoms with Gasteiger partial charge in [0.15, 0.2) is 5.96 Å². The molecule has 0 spiro atoms. The van der Waals surface area contributed by atoms with Crippen LogP contribution in [0.15, 0.2) is 29.3 Å². The summed E-state index contributed by atoms with van der Waals surface area (Å²) in [5, 5.41) is 3.47. The van der Waals surface area contributed by atoms with Gasteiger partial charge in [0.2, 0.25) is 0 Å². The van der Waals surface area contributed by atoms with Gasteiger partial charge >= 0.3 is 0 Å². The second-order valence-electron chi connectivity index (χ2n) is 6.46. The third kappa shape index (κ3) is 3.94. The van der Waals surface area contributed by atoms with Crippen molar-refractivity contribution in [3.63, 3.8) is 0 Å². The summed E-state index contributed by atoms with van der Waals surface area (Å²) in [6, 6.07) is 8.78. The van der Waals surface area contributed by atoms with Gasteiger partial charge in [0, 0.05) is 32.1 Å². The molecule has 0 radical (unpaired) electrons. The summed E-state index contributed by atoms with van der Waals surface area (Å²) in [5.74, 6) is 2.61. The summed E-state index contributed by atoms with van der Waals surface area (Å²) in [5.41, 5.74) is 3.01. The van der Waals surface area contributed by atoms with Gasteiger partial charge in [-0.3, -0.25) is 4.99 Å². The van der Waals surface area contributed by atoms with Gasteiger partial charge in [-0.2, -0.15) is 0 Å². The molecule has 1 atom stereocenters. The maximum atomic E-state index is 4.91. The predicted molar refractivity (Wildman–Crippen MR) is 104 cm³/mol. The number of fused-ring (bicyclic) bond motifs is 1. The van der Waals surface area contributed by atoms with Gasteiger partial charge in [-0.05, 0) is 43.2 Å². The Hall–Kier alpha value is -0.780. The number of nitrogens with one attached hydrogen (secondary N) is 1. The van der Waals surface area contributed by atoms with Crippen LogP contribution in [0.25, 0.3) is 0 Å². The van der Waals surface area contributed by atoms with Crippen molar-refractivity contribution in [2.45, 2.75) is 39.0 Å². The van der Waals surface area contributed by atoms with E-state index in [-0.39, 0.29) is 24.0 Å². The number of piperidine rings is 1. The standard InChI is InChI=1S/C18H27N3.HI/c1-3-19-18(21-10-8-14(2)9-11-21)20-13-16-12-15-6-4-5-7-17(15)16;/h4-7,14,16H,3,8-13H2,1-2H3,(H,19,20);1H. The molecule has 0 bridgehead atoms. The van der Waals surface area contributed by atoms with Crippen LogP contribution in [-0.2, 0) is 6.42 Å². The second kappa shape index (κ2) is 8.18. The molecule has 1 fully saturated rings. The highest BCUT2D eigenvalue weighted by atomic mass is 127. The highest BCUT2D eigenvalue weighted by Crippen LogP contribution is 2.34. The van der Waals surface area contributed by atoms with Crippen LogP contribution in [0.3, 0.4) is 0 Å². The summed E-state index contributed by atoms with van der Waals surface area (Å²) in [6.45, 7) is 8.67. The Morgan fingerprint density at radius 2 is 2.00 bits per heavy atom. The topological polar surface area (TPSA) is 27.6 Å². The van der Waals surface area contributed by atoms with Crippen molar-refractivity contribution in [2.24, 2.45) is 10.9 Å². The summed E-state index contributed by atoms with van der Waals surface area (Å²) >= 11 is 0. The lowest BCUT2D eigenvalue weighted by molar-refractivity contribution is 0.273. The molecule has 1 aromatic carbocycles. The first-order valence-electron chi connectivity index (χ1n) is 8.39. The molecule has 1 unspecified atom stereocenters. The minimum atomic E-state index is 0. The first-order chi connectivity index (χ1) is 10.3. The number of benzene rings is 1. The van der Waals surface area contributed by atoms with E-state index >= 15 is 0 Å². The highest BCUT2D eigenvalue weighted by Gasteiger charge is 2.25. The van der Waals surface area contributed by atoms with E-state index in [9.17, 15) is 0 Å². The Morgan fingerprint density at radius 1 is 1.27 bits per heavy atom. The first-order valence-corrected chi connectivity index (χ1v) is 8.39.